The molecule has 9 rings (SSSR count). The van der Waals surface area contributed by atoms with Gasteiger partial charge in [-0.1, -0.05) is 72.8 Å². The molecule has 0 spiro atoms. The summed E-state index contributed by atoms with van der Waals surface area (Å²) < 4.78 is 6.16. The number of fused-ring (bicyclic) bond motifs is 8. The van der Waals surface area contributed by atoms with Gasteiger partial charge < -0.3 is 9.13 Å². The molecule has 0 saturated carbocycles. The molecule has 0 aliphatic carbocycles. The largest absolute Gasteiger partial charge is 0.309 e. The van der Waals surface area contributed by atoms with Crippen molar-refractivity contribution in [2.75, 3.05) is 0 Å². The van der Waals surface area contributed by atoms with E-state index in [-0.39, 0.29) is 0 Å². The van der Waals surface area contributed by atoms with Crippen molar-refractivity contribution in [1.82, 2.24) is 9.13 Å². The molecule has 39 heavy (non-hydrogen) atoms. The predicted octanol–water partition coefficient (Wildman–Crippen LogP) is 10.2. The third kappa shape index (κ3) is 2.96. The van der Waals surface area contributed by atoms with E-state index in [4.69, 9.17) is 0 Å². The van der Waals surface area contributed by atoms with E-state index >= 15 is 0 Å². The van der Waals surface area contributed by atoms with Crippen LogP contribution in [-0.2, 0) is 0 Å². The van der Waals surface area contributed by atoms with Crippen molar-refractivity contribution >= 4 is 75.8 Å². The van der Waals surface area contributed by atoms with Gasteiger partial charge in [0, 0.05) is 31.9 Å². The van der Waals surface area contributed by atoms with E-state index in [1.165, 1.54) is 75.2 Å². The van der Waals surface area contributed by atoms with Gasteiger partial charge in [-0.3, -0.25) is 0 Å². The molecule has 182 valence electrons. The van der Waals surface area contributed by atoms with Gasteiger partial charge >= 0.3 is 0 Å². The van der Waals surface area contributed by atoms with Gasteiger partial charge in [0.05, 0.1) is 22.1 Å². The maximum atomic E-state index is 2.45. The van der Waals surface area contributed by atoms with Gasteiger partial charge in [-0.2, -0.15) is 0 Å². The van der Waals surface area contributed by atoms with Crippen LogP contribution in [0.1, 0.15) is 0 Å². The lowest BCUT2D eigenvalue weighted by atomic mass is 10.0. The molecular formula is C36H22N2S. The summed E-state index contributed by atoms with van der Waals surface area (Å²) in [7, 11) is 0. The highest BCUT2D eigenvalue weighted by Crippen LogP contribution is 2.40. The van der Waals surface area contributed by atoms with Crippen molar-refractivity contribution in [3.05, 3.63) is 133 Å². The van der Waals surface area contributed by atoms with Gasteiger partial charge in [0.2, 0.25) is 0 Å². The average Bonchev–Trinajstić information content (AvgIpc) is 3.65. The highest BCUT2D eigenvalue weighted by Gasteiger charge is 2.17. The van der Waals surface area contributed by atoms with Crippen LogP contribution in [0.5, 0.6) is 0 Å². The van der Waals surface area contributed by atoms with Crippen LogP contribution in [0.4, 0.5) is 0 Å². The molecule has 0 N–H and O–H groups in total. The lowest BCUT2D eigenvalue weighted by Crippen LogP contribution is -1.93. The van der Waals surface area contributed by atoms with Gasteiger partial charge in [-0.25, -0.2) is 0 Å². The van der Waals surface area contributed by atoms with Gasteiger partial charge in [-0.05, 0) is 76.8 Å². The Balaban J connectivity index is 1.41. The lowest BCUT2D eigenvalue weighted by molar-refractivity contribution is 1.18. The van der Waals surface area contributed by atoms with Crippen molar-refractivity contribution in [1.29, 1.82) is 0 Å². The van der Waals surface area contributed by atoms with Crippen molar-refractivity contribution in [3.63, 3.8) is 0 Å². The van der Waals surface area contributed by atoms with Crippen molar-refractivity contribution < 1.29 is 0 Å². The van der Waals surface area contributed by atoms with Crippen LogP contribution in [0, 0.1) is 0 Å². The zero-order chi connectivity index (χ0) is 25.5. The number of hydrogen-bond acceptors (Lipinski definition) is 1. The zero-order valence-corrected chi connectivity index (χ0v) is 21.8. The Hall–Kier alpha value is -4.86. The molecular weight excluding hydrogens is 492 g/mol. The molecule has 6 aromatic carbocycles. The maximum absolute atomic E-state index is 2.45. The predicted molar refractivity (Wildman–Crippen MR) is 168 cm³/mol. The third-order valence-corrected chi connectivity index (χ3v) is 9.17. The smallest absolute Gasteiger partial charge is 0.101 e. The Morgan fingerprint density at radius 3 is 1.64 bits per heavy atom. The summed E-state index contributed by atoms with van der Waals surface area (Å²) in [4.78, 5) is 0. The summed E-state index contributed by atoms with van der Waals surface area (Å²) in [5, 5.41) is 10.2. The molecule has 0 radical (unpaired) electrons. The van der Waals surface area contributed by atoms with E-state index in [0.29, 0.717) is 0 Å². The fourth-order valence-corrected chi connectivity index (χ4v) is 7.44. The summed E-state index contributed by atoms with van der Waals surface area (Å²) in [6.07, 6.45) is 0. The first-order valence-electron chi connectivity index (χ1n) is 13.3. The number of benzene rings is 6. The SMILES string of the molecule is c1ccc(-n2c3ccccc3c3cc4cc5c(cc4cc32)c2ccccc2n5-c2cc3ccccc3s2)cc1. The number of nitrogens with zero attached hydrogens (tertiary/aromatic N) is 2. The van der Waals surface area contributed by atoms with Crippen LogP contribution < -0.4 is 0 Å². The third-order valence-electron chi connectivity index (χ3n) is 8.07. The second-order valence-corrected chi connectivity index (χ2v) is 11.3. The van der Waals surface area contributed by atoms with Crippen molar-refractivity contribution in [2.45, 2.75) is 0 Å². The molecule has 0 atom stereocenters. The summed E-state index contributed by atoms with van der Waals surface area (Å²) in [5.41, 5.74) is 6.16. The number of rotatable bonds is 2. The molecule has 3 heterocycles. The van der Waals surface area contributed by atoms with Crippen LogP contribution in [0.3, 0.4) is 0 Å². The molecule has 0 bridgehead atoms. The molecule has 0 unspecified atom stereocenters. The summed E-state index contributed by atoms with van der Waals surface area (Å²) >= 11 is 1.86. The monoisotopic (exact) mass is 514 g/mol. The minimum atomic E-state index is 1.19. The van der Waals surface area contributed by atoms with E-state index < -0.39 is 0 Å². The van der Waals surface area contributed by atoms with E-state index in [9.17, 15) is 0 Å². The Morgan fingerprint density at radius 1 is 0.385 bits per heavy atom. The van der Waals surface area contributed by atoms with E-state index in [2.05, 4.69) is 143 Å². The molecule has 0 amide bonds. The van der Waals surface area contributed by atoms with Crippen molar-refractivity contribution in [3.8, 4) is 10.7 Å². The number of para-hydroxylation sites is 3. The summed E-state index contributed by atoms with van der Waals surface area (Å²) in [5.74, 6) is 0. The maximum Gasteiger partial charge on any atom is 0.101 e. The molecule has 0 saturated heterocycles. The van der Waals surface area contributed by atoms with Crippen LogP contribution in [0.15, 0.2) is 133 Å². The normalized spacial score (nSPS) is 12.1. The quantitative estimate of drug-likeness (QED) is 0.217. The Labute approximate surface area is 228 Å². The van der Waals surface area contributed by atoms with E-state index in [0.717, 1.165) is 0 Å². The number of aromatic nitrogens is 2. The summed E-state index contributed by atoms with van der Waals surface area (Å²) in [6.45, 7) is 0. The minimum absolute atomic E-state index is 1.19. The highest BCUT2D eigenvalue weighted by molar-refractivity contribution is 7.21. The highest BCUT2D eigenvalue weighted by atomic mass is 32.1. The first kappa shape index (κ1) is 21.1. The first-order valence-corrected chi connectivity index (χ1v) is 14.1. The zero-order valence-electron chi connectivity index (χ0n) is 21.0. The number of hydrogen-bond donors (Lipinski definition) is 0. The molecule has 2 nitrogen and oxygen atoms in total. The van der Waals surface area contributed by atoms with Gasteiger partial charge in [0.1, 0.15) is 5.00 Å². The van der Waals surface area contributed by atoms with Crippen LogP contribution in [0.25, 0.3) is 75.2 Å². The van der Waals surface area contributed by atoms with Crippen LogP contribution in [-0.4, -0.2) is 9.13 Å². The van der Waals surface area contributed by atoms with Gasteiger partial charge in [0.25, 0.3) is 0 Å². The second kappa shape index (κ2) is 7.83. The minimum Gasteiger partial charge on any atom is -0.309 e. The molecule has 3 heteroatoms. The van der Waals surface area contributed by atoms with Crippen LogP contribution in [0.2, 0.25) is 0 Å². The Morgan fingerprint density at radius 2 is 0.949 bits per heavy atom. The first-order chi connectivity index (χ1) is 19.3. The van der Waals surface area contributed by atoms with Crippen molar-refractivity contribution in [2.24, 2.45) is 0 Å². The van der Waals surface area contributed by atoms with Gasteiger partial charge in [0.15, 0.2) is 0 Å². The summed E-state index contributed by atoms with van der Waals surface area (Å²) in [6, 6.07) is 48.8. The second-order valence-electron chi connectivity index (χ2n) is 10.2. The van der Waals surface area contributed by atoms with Crippen LogP contribution >= 0.6 is 11.3 Å². The molecule has 0 fully saturated rings. The fourth-order valence-electron chi connectivity index (χ4n) is 6.35. The molecule has 0 aliphatic rings. The number of thiophene rings is 1. The van der Waals surface area contributed by atoms with E-state index in [1.807, 2.05) is 11.3 Å². The Bertz CT molecular complexity index is 2350. The standard InChI is InChI=1S/C36H22N2S/c1-2-11-26(12-3-1)37-31-15-7-5-13-27(31)29-18-25-21-34-30(19-24(25)20-33(29)37)28-14-6-8-16-32(28)38(34)36-22-23-10-4-9-17-35(23)39-36/h1-22H. The Kier molecular flexibility index (Phi) is 4.24. The van der Waals surface area contributed by atoms with Gasteiger partial charge in [-0.15, -0.1) is 11.3 Å². The average molecular weight is 515 g/mol. The lowest BCUT2D eigenvalue weighted by Gasteiger charge is -2.09. The molecule has 9 aromatic rings. The molecule has 3 aromatic heterocycles. The van der Waals surface area contributed by atoms with E-state index in [1.54, 1.807) is 0 Å². The topological polar surface area (TPSA) is 9.86 Å². The molecule has 0 aliphatic heterocycles. The fraction of sp³-hybridized carbons (Fsp3) is 0.